The van der Waals surface area contributed by atoms with Crippen molar-refractivity contribution in [2.75, 3.05) is 11.9 Å². The number of amides is 2. The SMILES string of the molecule is Cc1cc(NC(=O)C(C)OC(=O)CNC(=O)c2ccc(C)s2)no1. The zero-order chi connectivity index (χ0) is 17.7. The molecule has 2 heterocycles. The smallest absolute Gasteiger partial charge is 0.326 e. The number of hydrogen-bond donors (Lipinski definition) is 2. The summed E-state index contributed by atoms with van der Waals surface area (Å²) in [5, 5.41) is 8.51. The van der Waals surface area contributed by atoms with Crippen molar-refractivity contribution in [1.82, 2.24) is 10.5 Å². The van der Waals surface area contributed by atoms with E-state index in [1.807, 2.05) is 13.0 Å². The van der Waals surface area contributed by atoms with E-state index in [9.17, 15) is 14.4 Å². The number of nitrogens with zero attached hydrogens (tertiary/aromatic N) is 1. The van der Waals surface area contributed by atoms with Gasteiger partial charge in [-0.2, -0.15) is 0 Å². The summed E-state index contributed by atoms with van der Waals surface area (Å²) in [6.07, 6.45) is -1.03. The highest BCUT2D eigenvalue weighted by molar-refractivity contribution is 7.13. The summed E-state index contributed by atoms with van der Waals surface area (Å²) in [5.41, 5.74) is 0. The molecular formula is C15H17N3O5S. The molecular weight excluding hydrogens is 334 g/mol. The Hall–Kier alpha value is -2.68. The predicted octanol–water partition coefficient (Wildman–Crippen LogP) is 1.65. The Kier molecular flexibility index (Phi) is 5.69. The van der Waals surface area contributed by atoms with Crippen LogP contribution >= 0.6 is 11.3 Å². The summed E-state index contributed by atoms with van der Waals surface area (Å²) in [6, 6.07) is 5.03. The number of anilines is 1. The van der Waals surface area contributed by atoms with Gasteiger partial charge in [0.1, 0.15) is 12.3 Å². The van der Waals surface area contributed by atoms with Crippen molar-refractivity contribution >= 4 is 34.9 Å². The van der Waals surface area contributed by atoms with E-state index >= 15 is 0 Å². The number of thiophene rings is 1. The zero-order valence-electron chi connectivity index (χ0n) is 13.4. The Balaban J connectivity index is 1.76. The Morgan fingerprint density at radius 2 is 2.08 bits per heavy atom. The second kappa shape index (κ2) is 7.73. The van der Waals surface area contributed by atoms with Gasteiger partial charge in [-0.05, 0) is 32.9 Å². The topological polar surface area (TPSA) is 111 Å². The monoisotopic (exact) mass is 351 g/mol. The third kappa shape index (κ3) is 4.92. The van der Waals surface area contributed by atoms with Crippen LogP contribution in [0.25, 0.3) is 0 Å². The maximum absolute atomic E-state index is 11.9. The summed E-state index contributed by atoms with van der Waals surface area (Å²) in [4.78, 5) is 36.9. The average molecular weight is 351 g/mol. The van der Waals surface area contributed by atoms with Crippen LogP contribution in [0.3, 0.4) is 0 Å². The summed E-state index contributed by atoms with van der Waals surface area (Å²) in [5.74, 6) is -0.837. The molecule has 2 N–H and O–H groups in total. The number of nitrogens with one attached hydrogen (secondary N) is 2. The summed E-state index contributed by atoms with van der Waals surface area (Å²) in [7, 11) is 0. The fraction of sp³-hybridized carbons (Fsp3) is 0.333. The van der Waals surface area contributed by atoms with E-state index in [2.05, 4.69) is 15.8 Å². The van der Waals surface area contributed by atoms with Gasteiger partial charge in [-0.15, -0.1) is 11.3 Å². The van der Waals surface area contributed by atoms with Gasteiger partial charge in [0.25, 0.3) is 11.8 Å². The van der Waals surface area contributed by atoms with Crippen LogP contribution in [0.4, 0.5) is 5.82 Å². The van der Waals surface area contributed by atoms with Gasteiger partial charge in [0.15, 0.2) is 11.9 Å². The first-order valence-corrected chi connectivity index (χ1v) is 7.95. The van der Waals surface area contributed by atoms with Crippen molar-refractivity contribution in [3.05, 3.63) is 33.7 Å². The number of carbonyl (C=O) groups excluding carboxylic acids is 3. The van der Waals surface area contributed by atoms with Crippen molar-refractivity contribution in [1.29, 1.82) is 0 Å². The van der Waals surface area contributed by atoms with Crippen molar-refractivity contribution in [3.63, 3.8) is 0 Å². The molecule has 2 rings (SSSR count). The highest BCUT2D eigenvalue weighted by atomic mass is 32.1. The van der Waals surface area contributed by atoms with E-state index in [1.165, 1.54) is 24.3 Å². The maximum Gasteiger partial charge on any atom is 0.326 e. The average Bonchev–Trinajstić information content (AvgIpc) is 3.13. The highest BCUT2D eigenvalue weighted by Gasteiger charge is 2.19. The number of aryl methyl sites for hydroxylation is 2. The quantitative estimate of drug-likeness (QED) is 0.766. The zero-order valence-corrected chi connectivity index (χ0v) is 14.2. The molecule has 2 amide bonds. The van der Waals surface area contributed by atoms with Crippen molar-refractivity contribution in [3.8, 4) is 0 Å². The van der Waals surface area contributed by atoms with Crippen LogP contribution in [-0.2, 0) is 14.3 Å². The third-order valence-electron chi connectivity index (χ3n) is 2.91. The standard InChI is InChI=1S/C15H17N3O5S/c1-8-6-12(18-23-8)17-14(20)10(3)22-13(19)7-16-15(21)11-5-4-9(2)24-11/h4-6,10H,7H2,1-3H3,(H,16,21)(H,17,18,20). The fourth-order valence-corrected chi connectivity index (χ4v) is 2.53. The molecule has 0 radical (unpaired) electrons. The molecule has 0 aliphatic carbocycles. The lowest BCUT2D eigenvalue weighted by Crippen LogP contribution is -2.35. The predicted molar refractivity (Wildman–Crippen MR) is 86.8 cm³/mol. The van der Waals surface area contributed by atoms with Crippen LogP contribution in [-0.4, -0.2) is 35.6 Å². The molecule has 2 aromatic heterocycles. The number of ether oxygens (including phenoxy) is 1. The molecule has 0 saturated carbocycles. The van der Waals surface area contributed by atoms with Crippen molar-refractivity contribution in [2.45, 2.75) is 26.9 Å². The minimum atomic E-state index is -1.03. The normalized spacial score (nSPS) is 11.6. The van der Waals surface area contributed by atoms with Gasteiger partial charge in [-0.3, -0.25) is 14.4 Å². The maximum atomic E-state index is 11.9. The third-order valence-corrected chi connectivity index (χ3v) is 3.91. The molecule has 2 aromatic rings. The lowest BCUT2D eigenvalue weighted by molar-refractivity contribution is -0.152. The van der Waals surface area contributed by atoms with E-state index in [0.717, 1.165) is 4.88 Å². The number of hydrogen-bond acceptors (Lipinski definition) is 7. The Morgan fingerprint density at radius 1 is 1.33 bits per heavy atom. The van der Waals surface area contributed by atoms with Crippen LogP contribution < -0.4 is 10.6 Å². The molecule has 24 heavy (non-hydrogen) atoms. The molecule has 1 unspecified atom stereocenters. The molecule has 0 fully saturated rings. The van der Waals surface area contributed by atoms with Gasteiger partial charge in [0.05, 0.1) is 4.88 Å². The van der Waals surface area contributed by atoms with Crippen molar-refractivity contribution < 1.29 is 23.6 Å². The molecule has 9 heteroatoms. The van der Waals surface area contributed by atoms with Crippen molar-refractivity contribution in [2.24, 2.45) is 0 Å². The van der Waals surface area contributed by atoms with E-state index in [4.69, 9.17) is 9.26 Å². The van der Waals surface area contributed by atoms with Crippen LogP contribution in [0.1, 0.15) is 27.2 Å². The Morgan fingerprint density at radius 3 is 2.67 bits per heavy atom. The molecule has 0 aliphatic rings. The second-order valence-corrected chi connectivity index (χ2v) is 6.33. The Bertz CT molecular complexity index is 752. The molecule has 0 aliphatic heterocycles. The first kappa shape index (κ1) is 17.7. The summed E-state index contributed by atoms with van der Waals surface area (Å²) in [6.45, 7) is 4.66. The summed E-state index contributed by atoms with van der Waals surface area (Å²) >= 11 is 1.33. The molecule has 1 atom stereocenters. The van der Waals surface area contributed by atoms with Gasteiger partial charge in [0, 0.05) is 10.9 Å². The van der Waals surface area contributed by atoms with Gasteiger partial charge in [-0.25, -0.2) is 0 Å². The van der Waals surface area contributed by atoms with Crippen LogP contribution in [0.15, 0.2) is 22.7 Å². The van der Waals surface area contributed by atoms with Gasteiger partial charge in [0.2, 0.25) is 0 Å². The largest absolute Gasteiger partial charge is 0.451 e. The number of aromatic nitrogens is 1. The van der Waals surface area contributed by atoms with Crippen LogP contribution in [0.2, 0.25) is 0 Å². The molecule has 128 valence electrons. The highest BCUT2D eigenvalue weighted by Crippen LogP contribution is 2.14. The minimum Gasteiger partial charge on any atom is -0.451 e. The second-order valence-electron chi connectivity index (χ2n) is 5.04. The minimum absolute atomic E-state index is 0.238. The molecule has 0 saturated heterocycles. The lowest BCUT2D eigenvalue weighted by atomic mass is 10.3. The number of rotatable bonds is 6. The van der Waals surface area contributed by atoms with Gasteiger partial charge in [-0.1, -0.05) is 5.16 Å². The van der Waals surface area contributed by atoms with E-state index in [0.29, 0.717) is 10.6 Å². The molecule has 0 aromatic carbocycles. The molecule has 0 spiro atoms. The van der Waals surface area contributed by atoms with E-state index in [1.54, 1.807) is 13.0 Å². The molecule has 8 nitrogen and oxygen atoms in total. The van der Waals surface area contributed by atoms with E-state index in [-0.39, 0.29) is 18.3 Å². The van der Waals surface area contributed by atoms with Crippen LogP contribution in [0.5, 0.6) is 0 Å². The summed E-state index contributed by atoms with van der Waals surface area (Å²) < 4.78 is 9.78. The van der Waals surface area contributed by atoms with Gasteiger partial charge < -0.3 is 19.9 Å². The number of carbonyl (C=O) groups is 3. The van der Waals surface area contributed by atoms with Crippen LogP contribution in [0, 0.1) is 13.8 Å². The van der Waals surface area contributed by atoms with E-state index < -0.39 is 18.0 Å². The lowest BCUT2D eigenvalue weighted by Gasteiger charge is -2.12. The molecule has 0 bridgehead atoms. The Labute approximate surface area is 142 Å². The number of esters is 1. The fourth-order valence-electron chi connectivity index (χ4n) is 1.74. The first-order chi connectivity index (χ1) is 11.3. The first-order valence-electron chi connectivity index (χ1n) is 7.13. The van der Waals surface area contributed by atoms with Gasteiger partial charge >= 0.3 is 5.97 Å².